The van der Waals surface area contributed by atoms with Crippen LogP contribution in [0.2, 0.25) is 0 Å². The molecule has 2 heterocycles. The van der Waals surface area contributed by atoms with E-state index in [1.165, 1.54) is 11.3 Å². The summed E-state index contributed by atoms with van der Waals surface area (Å²) in [6.45, 7) is 5.29. The van der Waals surface area contributed by atoms with Crippen LogP contribution in [-0.2, 0) is 0 Å². The van der Waals surface area contributed by atoms with Crippen molar-refractivity contribution in [3.8, 4) is 0 Å². The maximum Gasteiger partial charge on any atom is 0.0658 e. The van der Waals surface area contributed by atoms with E-state index in [-0.39, 0.29) is 0 Å². The van der Waals surface area contributed by atoms with Gasteiger partial charge in [-0.2, -0.15) is 0 Å². The van der Waals surface area contributed by atoms with Crippen molar-refractivity contribution in [2.24, 2.45) is 5.92 Å². The number of fused-ring (bicyclic) bond motifs is 1. The molecule has 0 fully saturated rings. The van der Waals surface area contributed by atoms with E-state index in [2.05, 4.69) is 29.5 Å². The zero-order valence-corrected chi connectivity index (χ0v) is 8.04. The van der Waals surface area contributed by atoms with Crippen LogP contribution in [0, 0.1) is 5.92 Å². The fraction of sp³-hybridized carbons (Fsp3) is 0.500. The van der Waals surface area contributed by atoms with Crippen molar-refractivity contribution in [1.29, 1.82) is 0 Å². The molecule has 0 saturated heterocycles. The average molecular weight is 177 g/mol. The van der Waals surface area contributed by atoms with Gasteiger partial charge in [0.2, 0.25) is 0 Å². The van der Waals surface area contributed by atoms with Crippen LogP contribution in [-0.4, -0.2) is 11.7 Å². The quantitative estimate of drug-likeness (QED) is 0.686. The third-order valence-electron chi connectivity index (χ3n) is 2.45. The summed E-state index contributed by atoms with van der Waals surface area (Å²) in [5.41, 5.74) is 2.50. The van der Waals surface area contributed by atoms with E-state index in [1.54, 1.807) is 0 Å². The predicted octanol–water partition coefficient (Wildman–Crippen LogP) is 1.75. The van der Waals surface area contributed by atoms with E-state index in [9.17, 15) is 0 Å². The van der Waals surface area contributed by atoms with Gasteiger partial charge < -0.3 is 5.32 Å². The molecule has 0 aromatic carbocycles. The van der Waals surface area contributed by atoms with Crippen molar-refractivity contribution in [3.63, 3.8) is 0 Å². The van der Waals surface area contributed by atoms with Gasteiger partial charge in [-0.25, -0.2) is 0 Å². The second-order valence-corrected chi connectivity index (χ2v) is 3.74. The molecule has 1 aromatic rings. The molecule has 1 atom stereocenters. The third-order valence-corrected chi connectivity index (χ3v) is 2.45. The number of pyridine rings is 1. The first-order valence-corrected chi connectivity index (χ1v) is 4.70. The Labute approximate surface area is 78.6 Å². The van der Waals surface area contributed by atoms with Crippen LogP contribution in [0.15, 0.2) is 18.5 Å². The van der Waals surface area contributed by atoms with Crippen molar-refractivity contribution in [2.45, 2.75) is 19.9 Å². The van der Waals surface area contributed by atoms with Crippen molar-refractivity contribution in [1.82, 2.24) is 10.3 Å². The molecule has 3 nitrogen and oxygen atoms in total. The summed E-state index contributed by atoms with van der Waals surface area (Å²) in [5.74, 6) is 0.602. The molecule has 2 N–H and O–H groups in total. The fourth-order valence-corrected chi connectivity index (χ4v) is 1.78. The van der Waals surface area contributed by atoms with Crippen LogP contribution < -0.4 is 10.6 Å². The standard InChI is InChI=1S/C10H15N3/c1-7(2)10-8-5-11-4-3-9(8)12-6-13-10/h3-5,7,10,12-13H,6H2,1-2H3/t10-/m0/s1. The van der Waals surface area contributed by atoms with E-state index < -0.39 is 0 Å². The van der Waals surface area contributed by atoms with E-state index >= 15 is 0 Å². The smallest absolute Gasteiger partial charge is 0.0658 e. The molecule has 70 valence electrons. The lowest BCUT2D eigenvalue weighted by atomic mass is 9.95. The van der Waals surface area contributed by atoms with E-state index in [0.717, 1.165) is 6.67 Å². The normalized spacial score (nSPS) is 21.0. The Hall–Kier alpha value is -1.09. The molecule has 1 aliphatic heterocycles. The minimum atomic E-state index is 0.435. The van der Waals surface area contributed by atoms with E-state index in [0.29, 0.717) is 12.0 Å². The highest BCUT2D eigenvalue weighted by Crippen LogP contribution is 2.29. The first kappa shape index (κ1) is 8.51. The minimum Gasteiger partial charge on any atom is -0.372 e. The Morgan fingerprint density at radius 1 is 1.54 bits per heavy atom. The second-order valence-electron chi connectivity index (χ2n) is 3.74. The SMILES string of the molecule is CC(C)[C@@H]1NCNc2ccncc21. The lowest BCUT2D eigenvalue weighted by molar-refractivity contribution is 0.413. The summed E-state index contributed by atoms with van der Waals surface area (Å²) in [7, 11) is 0. The van der Waals surface area contributed by atoms with Gasteiger partial charge in [0, 0.05) is 29.7 Å². The third kappa shape index (κ3) is 1.52. The number of anilines is 1. The first-order valence-electron chi connectivity index (χ1n) is 4.70. The topological polar surface area (TPSA) is 37.0 Å². The van der Waals surface area contributed by atoms with Crippen LogP contribution in [0.1, 0.15) is 25.5 Å². The molecule has 1 aromatic heterocycles. The molecule has 0 bridgehead atoms. The average Bonchev–Trinajstić information content (AvgIpc) is 2.17. The summed E-state index contributed by atoms with van der Waals surface area (Å²) < 4.78 is 0. The van der Waals surface area contributed by atoms with Gasteiger partial charge in [0.1, 0.15) is 0 Å². The summed E-state index contributed by atoms with van der Waals surface area (Å²) in [5, 5.41) is 6.72. The monoisotopic (exact) mass is 177 g/mol. The van der Waals surface area contributed by atoms with Gasteiger partial charge in [0.25, 0.3) is 0 Å². The highest BCUT2D eigenvalue weighted by atomic mass is 15.1. The number of aromatic nitrogens is 1. The number of nitrogens with zero attached hydrogens (tertiary/aromatic N) is 1. The van der Waals surface area contributed by atoms with Gasteiger partial charge in [-0.3, -0.25) is 10.3 Å². The number of nitrogens with one attached hydrogen (secondary N) is 2. The maximum absolute atomic E-state index is 4.15. The highest BCUT2D eigenvalue weighted by Gasteiger charge is 2.21. The van der Waals surface area contributed by atoms with Crippen LogP contribution in [0.3, 0.4) is 0 Å². The lowest BCUT2D eigenvalue weighted by Crippen LogP contribution is -2.35. The Morgan fingerprint density at radius 2 is 2.38 bits per heavy atom. The molecule has 3 heteroatoms. The summed E-state index contributed by atoms with van der Waals surface area (Å²) in [4.78, 5) is 4.15. The molecule has 0 aliphatic carbocycles. The number of hydrogen-bond acceptors (Lipinski definition) is 3. The van der Waals surface area contributed by atoms with Crippen LogP contribution in [0.4, 0.5) is 5.69 Å². The largest absolute Gasteiger partial charge is 0.372 e. The maximum atomic E-state index is 4.15. The zero-order chi connectivity index (χ0) is 9.26. The molecule has 1 aliphatic rings. The lowest BCUT2D eigenvalue weighted by Gasteiger charge is -2.30. The number of hydrogen-bond donors (Lipinski definition) is 2. The summed E-state index contributed by atoms with van der Waals surface area (Å²) >= 11 is 0. The molecule has 13 heavy (non-hydrogen) atoms. The zero-order valence-electron chi connectivity index (χ0n) is 8.04. The molecule has 0 amide bonds. The fourth-order valence-electron chi connectivity index (χ4n) is 1.78. The Morgan fingerprint density at radius 3 is 3.15 bits per heavy atom. The van der Waals surface area contributed by atoms with Crippen LogP contribution >= 0.6 is 0 Å². The molecular weight excluding hydrogens is 162 g/mol. The van der Waals surface area contributed by atoms with Crippen LogP contribution in [0.25, 0.3) is 0 Å². The van der Waals surface area contributed by atoms with Crippen molar-refractivity contribution in [2.75, 3.05) is 12.0 Å². The van der Waals surface area contributed by atoms with Gasteiger partial charge >= 0.3 is 0 Å². The van der Waals surface area contributed by atoms with Crippen molar-refractivity contribution in [3.05, 3.63) is 24.0 Å². The van der Waals surface area contributed by atoms with Crippen molar-refractivity contribution < 1.29 is 0 Å². The molecule has 0 unspecified atom stereocenters. The molecule has 0 saturated carbocycles. The van der Waals surface area contributed by atoms with Gasteiger partial charge in [-0.1, -0.05) is 13.8 Å². The van der Waals surface area contributed by atoms with E-state index in [1.807, 2.05) is 18.5 Å². The minimum absolute atomic E-state index is 0.435. The highest BCUT2D eigenvalue weighted by molar-refractivity contribution is 5.52. The first-order chi connectivity index (χ1) is 6.29. The second kappa shape index (κ2) is 3.34. The van der Waals surface area contributed by atoms with E-state index in [4.69, 9.17) is 0 Å². The van der Waals surface area contributed by atoms with Gasteiger partial charge in [-0.15, -0.1) is 0 Å². The van der Waals surface area contributed by atoms with Gasteiger partial charge in [0.15, 0.2) is 0 Å². The molecular formula is C10H15N3. The molecule has 0 radical (unpaired) electrons. The predicted molar refractivity (Wildman–Crippen MR) is 53.4 cm³/mol. The Balaban J connectivity index is 2.37. The Bertz CT molecular complexity index is 296. The molecule has 0 spiro atoms. The van der Waals surface area contributed by atoms with Crippen LogP contribution in [0.5, 0.6) is 0 Å². The van der Waals surface area contributed by atoms with Gasteiger partial charge in [-0.05, 0) is 12.0 Å². The van der Waals surface area contributed by atoms with Crippen molar-refractivity contribution >= 4 is 5.69 Å². The van der Waals surface area contributed by atoms with Gasteiger partial charge in [0.05, 0.1) is 6.67 Å². The number of rotatable bonds is 1. The summed E-state index contributed by atoms with van der Waals surface area (Å²) in [6, 6.07) is 2.47. The Kier molecular flexibility index (Phi) is 2.19. The molecule has 2 rings (SSSR count). The summed E-state index contributed by atoms with van der Waals surface area (Å²) in [6.07, 6.45) is 3.77.